The molecule has 0 spiro atoms. The van der Waals surface area contributed by atoms with Crippen LogP contribution in [0.2, 0.25) is 0 Å². The molecule has 142 valence electrons. The Kier molecular flexibility index (Phi) is 7.95. The molecule has 2 heterocycles. The molecule has 0 saturated carbocycles. The Morgan fingerprint density at radius 2 is 2.08 bits per heavy atom. The first-order chi connectivity index (χ1) is 12.2. The molecule has 1 saturated heterocycles. The lowest BCUT2D eigenvalue weighted by Gasteiger charge is -2.37. The number of benzene rings is 1. The standard InChI is InChI=1S/C18H25N5OS.HI/c1-14-12-20-17(25-14)13-21-18(19-2)23-9-7-22(8-10-23)15-5-4-6-16(11-15)24-3;/h4-6,11-12H,7-10,13H2,1-3H3,(H,19,21);1H. The fourth-order valence-electron chi connectivity index (χ4n) is 2.95. The fraction of sp³-hybridized carbons (Fsp3) is 0.444. The average molecular weight is 487 g/mol. The van der Waals surface area contributed by atoms with Gasteiger partial charge in [0.25, 0.3) is 0 Å². The predicted octanol–water partition coefficient (Wildman–Crippen LogP) is 2.98. The first kappa shape index (κ1) is 20.8. The summed E-state index contributed by atoms with van der Waals surface area (Å²) in [4.78, 5) is 14.7. The molecular weight excluding hydrogens is 461 g/mol. The maximum Gasteiger partial charge on any atom is 0.194 e. The number of aliphatic imine (C=N–C) groups is 1. The van der Waals surface area contributed by atoms with Gasteiger partial charge in [0.15, 0.2) is 5.96 Å². The normalized spacial score (nSPS) is 14.8. The third-order valence-corrected chi connectivity index (χ3v) is 5.19. The number of nitrogens with one attached hydrogen (secondary N) is 1. The van der Waals surface area contributed by atoms with E-state index in [4.69, 9.17) is 4.74 Å². The number of hydrogen-bond donors (Lipinski definition) is 1. The Hall–Kier alpha value is -1.55. The van der Waals surface area contributed by atoms with Crippen LogP contribution in [0, 0.1) is 6.92 Å². The second-order valence-electron chi connectivity index (χ2n) is 5.94. The number of anilines is 1. The Morgan fingerprint density at radius 3 is 2.69 bits per heavy atom. The van der Waals surface area contributed by atoms with Crippen LogP contribution in [0.3, 0.4) is 0 Å². The summed E-state index contributed by atoms with van der Waals surface area (Å²) in [5, 5.41) is 4.52. The van der Waals surface area contributed by atoms with Crippen molar-refractivity contribution in [3.05, 3.63) is 40.3 Å². The fourth-order valence-corrected chi connectivity index (χ4v) is 3.68. The molecular formula is C18H26IN5OS. The maximum absolute atomic E-state index is 5.33. The summed E-state index contributed by atoms with van der Waals surface area (Å²) in [6.07, 6.45) is 1.91. The smallest absolute Gasteiger partial charge is 0.194 e. The molecule has 0 amide bonds. The summed E-state index contributed by atoms with van der Waals surface area (Å²) in [6.45, 7) is 6.60. The third-order valence-electron chi connectivity index (χ3n) is 4.28. The zero-order chi connectivity index (χ0) is 17.6. The van der Waals surface area contributed by atoms with Crippen LogP contribution in [0.25, 0.3) is 0 Å². The van der Waals surface area contributed by atoms with Crippen LogP contribution in [0.4, 0.5) is 5.69 Å². The first-order valence-corrected chi connectivity index (χ1v) is 9.27. The van der Waals surface area contributed by atoms with Crippen molar-refractivity contribution in [2.24, 2.45) is 4.99 Å². The molecule has 2 aromatic rings. The minimum absolute atomic E-state index is 0. The summed E-state index contributed by atoms with van der Waals surface area (Å²) in [6, 6.07) is 8.24. The van der Waals surface area contributed by atoms with Crippen LogP contribution < -0.4 is 15.0 Å². The first-order valence-electron chi connectivity index (χ1n) is 8.45. The van der Waals surface area contributed by atoms with Crippen molar-refractivity contribution in [3.63, 3.8) is 0 Å². The topological polar surface area (TPSA) is 53.0 Å². The highest BCUT2D eigenvalue weighted by molar-refractivity contribution is 14.0. The van der Waals surface area contributed by atoms with Gasteiger partial charge in [0.1, 0.15) is 10.8 Å². The van der Waals surface area contributed by atoms with Gasteiger partial charge in [-0.15, -0.1) is 35.3 Å². The second kappa shape index (κ2) is 9.96. The molecule has 1 aromatic heterocycles. The Bertz CT molecular complexity index is 728. The van der Waals surface area contributed by atoms with Crippen molar-refractivity contribution in [2.75, 3.05) is 45.2 Å². The quantitative estimate of drug-likeness (QED) is 0.409. The molecule has 0 aliphatic carbocycles. The van der Waals surface area contributed by atoms with Crippen molar-refractivity contribution in [1.82, 2.24) is 15.2 Å². The molecule has 3 rings (SSSR count). The molecule has 26 heavy (non-hydrogen) atoms. The van der Waals surface area contributed by atoms with E-state index in [0.717, 1.165) is 49.4 Å². The largest absolute Gasteiger partial charge is 0.497 e. The molecule has 0 unspecified atom stereocenters. The number of guanidine groups is 1. The van der Waals surface area contributed by atoms with Crippen molar-refractivity contribution < 1.29 is 4.74 Å². The van der Waals surface area contributed by atoms with Gasteiger partial charge in [0.2, 0.25) is 0 Å². The number of ether oxygens (including phenoxy) is 1. The van der Waals surface area contributed by atoms with Gasteiger partial charge in [-0.25, -0.2) is 4.98 Å². The summed E-state index contributed by atoms with van der Waals surface area (Å²) in [7, 11) is 3.54. The van der Waals surface area contributed by atoms with E-state index >= 15 is 0 Å². The van der Waals surface area contributed by atoms with Crippen molar-refractivity contribution in [2.45, 2.75) is 13.5 Å². The number of methoxy groups -OCH3 is 1. The van der Waals surface area contributed by atoms with E-state index < -0.39 is 0 Å². The zero-order valence-electron chi connectivity index (χ0n) is 15.4. The van der Waals surface area contributed by atoms with Crippen LogP contribution in [0.5, 0.6) is 5.75 Å². The highest BCUT2D eigenvalue weighted by atomic mass is 127. The Labute approximate surface area is 176 Å². The van der Waals surface area contributed by atoms with Gasteiger partial charge in [-0.2, -0.15) is 0 Å². The van der Waals surface area contributed by atoms with E-state index in [-0.39, 0.29) is 24.0 Å². The lowest BCUT2D eigenvalue weighted by molar-refractivity contribution is 0.372. The number of halogens is 1. The second-order valence-corrected chi connectivity index (χ2v) is 7.26. The molecule has 0 atom stereocenters. The van der Waals surface area contributed by atoms with Crippen LogP contribution >= 0.6 is 35.3 Å². The number of thiazole rings is 1. The number of nitrogens with zero attached hydrogens (tertiary/aromatic N) is 4. The molecule has 0 bridgehead atoms. The highest BCUT2D eigenvalue weighted by Gasteiger charge is 2.20. The summed E-state index contributed by atoms with van der Waals surface area (Å²) < 4.78 is 5.33. The molecule has 6 nitrogen and oxygen atoms in total. The molecule has 1 fully saturated rings. The molecule has 1 aliphatic rings. The van der Waals surface area contributed by atoms with E-state index in [1.54, 1.807) is 18.4 Å². The molecule has 1 aliphatic heterocycles. The van der Waals surface area contributed by atoms with Crippen molar-refractivity contribution >= 4 is 47.0 Å². The van der Waals surface area contributed by atoms with E-state index in [9.17, 15) is 0 Å². The lowest BCUT2D eigenvalue weighted by Crippen LogP contribution is -2.52. The monoisotopic (exact) mass is 487 g/mol. The van der Waals surface area contributed by atoms with E-state index in [2.05, 4.69) is 44.1 Å². The van der Waals surface area contributed by atoms with Crippen molar-refractivity contribution in [1.29, 1.82) is 0 Å². The maximum atomic E-state index is 5.33. The van der Waals surface area contributed by atoms with Crippen LogP contribution in [-0.2, 0) is 6.54 Å². The van der Waals surface area contributed by atoms with Crippen LogP contribution in [0.15, 0.2) is 35.5 Å². The van der Waals surface area contributed by atoms with Crippen molar-refractivity contribution in [3.8, 4) is 5.75 Å². The minimum Gasteiger partial charge on any atom is -0.497 e. The van der Waals surface area contributed by atoms with Crippen LogP contribution in [-0.4, -0.2) is 56.2 Å². The summed E-state index contributed by atoms with van der Waals surface area (Å²) in [5.74, 6) is 1.84. The number of rotatable bonds is 4. The average Bonchev–Trinajstić information content (AvgIpc) is 3.08. The van der Waals surface area contributed by atoms with E-state index in [0.29, 0.717) is 0 Å². The Balaban J connectivity index is 0.00000243. The van der Waals surface area contributed by atoms with E-state index in [1.807, 2.05) is 25.4 Å². The number of piperazine rings is 1. The van der Waals surface area contributed by atoms with E-state index in [1.165, 1.54) is 10.6 Å². The number of aromatic nitrogens is 1. The van der Waals surface area contributed by atoms with Gasteiger partial charge < -0.3 is 19.9 Å². The molecule has 0 radical (unpaired) electrons. The number of hydrogen-bond acceptors (Lipinski definition) is 5. The van der Waals surface area contributed by atoms with Gasteiger partial charge in [-0.05, 0) is 19.1 Å². The van der Waals surface area contributed by atoms with Gasteiger partial charge in [0.05, 0.1) is 13.7 Å². The zero-order valence-corrected chi connectivity index (χ0v) is 18.6. The third kappa shape index (κ3) is 5.23. The minimum atomic E-state index is 0. The van der Waals surface area contributed by atoms with Gasteiger partial charge >= 0.3 is 0 Å². The SMILES string of the molecule is CN=C(NCc1ncc(C)s1)N1CCN(c2cccc(OC)c2)CC1.I. The van der Waals surface area contributed by atoms with Crippen LogP contribution in [0.1, 0.15) is 9.88 Å². The number of aryl methyl sites for hydroxylation is 1. The lowest BCUT2D eigenvalue weighted by atomic mass is 10.2. The van der Waals surface area contributed by atoms with Gasteiger partial charge in [-0.3, -0.25) is 4.99 Å². The highest BCUT2D eigenvalue weighted by Crippen LogP contribution is 2.22. The van der Waals surface area contributed by atoms with Gasteiger partial charge in [-0.1, -0.05) is 6.07 Å². The molecule has 1 aromatic carbocycles. The van der Waals surface area contributed by atoms with Gasteiger partial charge in [0, 0.05) is 56.1 Å². The molecule has 8 heteroatoms. The Morgan fingerprint density at radius 1 is 1.31 bits per heavy atom. The predicted molar refractivity (Wildman–Crippen MR) is 119 cm³/mol. The summed E-state index contributed by atoms with van der Waals surface area (Å²) in [5.41, 5.74) is 1.21. The molecule has 1 N–H and O–H groups in total. The summed E-state index contributed by atoms with van der Waals surface area (Å²) >= 11 is 1.72.